The zero-order valence-corrected chi connectivity index (χ0v) is 16.5. The molecule has 0 aliphatic carbocycles. The first kappa shape index (κ1) is 19.8. The van der Waals surface area contributed by atoms with Crippen molar-refractivity contribution in [3.05, 3.63) is 60.7 Å². The number of furan rings is 1. The molecular formula is C20H22N4O3S. The second kappa shape index (κ2) is 9.27. The van der Waals surface area contributed by atoms with Crippen LogP contribution >= 0.6 is 11.8 Å². The van der Waals surface area contributed by atoms with Crippen molar-refractivity contribution in [1.29, 1.82) is 0 Å². The van der Waals surface area contributed by atoms with Crippen LogP contribution < -0.4 is 10.6 Å². The van der Waals surface area contributed by atoms with Gasteiger partial charge in [0.1, 0.15) is 5.76 Å². The maximum absolute atomic E-state index is 12.1. The molecule has 3 rings (SSSR count). The highest BCUT2D eigenvalue weighted by Gasteiger charge is 2.16. The summed E-state index contributed by atoms with van der Waals surface area (Å²) in [4.78, 5) is 28.2. The summed E-state index contributed by atoms with van der Waals surface area (Å²) in [6.45, 7) is 4.15. The summed E-state index contributed by atoms with van der Waals surface area (Å²) >= 11 is 1.27. The lowest BCUT2D eigenvalue weighted by Gasteiger charge is -2.11. The van der Waals surface area contributed by atoms with Crippen LogP contribution in [0.2, 0.25) is 0 Å². The first-order valence-corrected chi connectivity index (χ1v) is 9.88. The van der Waals surface area contributed by atoms with Crippen LogP contribution in [-0.2, 0) is 11.3 Å². The molecule has 0 saturated heterocycles. The number of aromatic nitrogens is 2. The number of hydrogen-bond donors (Lipinski definition) is 2. The summed E-state index contributed by atoms with van der Waals surface area (Å²) in [5, 5.41) is 5.62. The SMILES string of the molecule is CC(C)NC(=O)NC(=O)CSc1ncc(-c2ccccc2)n1Cc1ccco1. The predicted molar refractivity (Wildman–Crippen MR) is 108 cm³/mol. The van der Waals surface area contributed by atoms with E-state index >= 15 is 0 Å². The number of nitrogens with one attached hydrogen (secondary N) is 2. The molecule has 2 aromatic heterocycles. The molecule has 7 nitrogen and oxygen atoms in total. The summed E-state index contributed by atoms with van der Waals surface area (Å²) in [5.74, 6) is 0.490. The van der Waals surface area contributed by atoms with Crippen molar-refractivity contribution in [2.24, 2.45) is 0 Å². The van der Waals surface area contributed by atoms with E-state index in [0.717, 1.165) is 17.0 Å². The zero-order valence-electron chi connectivity index (χ0n) is 15.7. The van der Waals surface area contributed by atoms with Crippen molar-refractivity contribution in [3.8, 4) is 11.3 Å². The normalized spacial score (nSPS) is 10.8. The molecular weight excluding hydrogens is 376 g/mol. The second-order valence-electron chi connectivity index (χ2n) is 6.42. The van der Waals surface area contributed by atoms with E-state index in [0.29, 0.717) is 11.7 Å². The molecule has 0 aliphatic rings. The van der Waals surface area contributed by atoms with E-state index in [4.69, 9.17) is 4.42 Å². The molecule has 0 spiro atoms. The summed E-state index contributed by atoms with van der Waals surface area (Å²) in [7, 11) is 0. The molecule has 0 aliphatic heterocycles. The quantitative estimate of drug-likeness (QED) is 0.595. The molecule has 3 amide bonds. The lowest BCUT2D eigenvalue weighted by molar-refractivity contribution is -0.117. The highest BCUT2D eigenvalue weighted by atomic mass is 32.2. The first-order valence-electron chi connectivity index (χ1n) is 8.89. The van der Waals surface area contributed by atoms with Crippen LogP contribution in [0.25, 0.3) is 11.3 Å². The Morgan fingerprint density at radius 3 is 2.64 bits per heavy atom. The third-order valence-electron chi connectivity index (χ3n) is 3.79. The molecule has 0 unspecified atom stereocenters. The number of benzene rings is 1. The van der Waals surface area contributed by atoms with Crippen molar-refractivity contribution in [2.75, 3.05) is 5.75 Å². The average Bonchev–Trinajstić information content (AvgIpc) is 3.30. The Labute approximate surface area is 167 Å². The molecule has 1 aromatic carbocycles. The van der Waals surface area contributed by atoms with Gasteiger partial charge in [-0.05, 0) is 31.5 Å². The molecule has 8 heteroatoms. The Morgan fingerprint density at radius 2 is 1.96 bits per heavy atom. The largest absolute Gasteiger partial charge is 0.467 e. The molecule has 146 valence electrons. The minimum Gasteiger partial charge on any atom is -0.467 e. The molecule has 28 heavy (non-hydrogen) atoms. The van der Waals surface area contributed by atoms with E-state index in [1.807, 2.05) is 60.9 Å². The first-order chi connectivity index (χ1) is 13.5. The molecule has 0 bridgehead atoms. The number of nitrogens with zero attached hydrogens (tertiary/aromatic N) is 2. The third kappa shape index (κ3) is 5.26. The summed E-state index contributed by atoms with van der Waals surface area (Å²) in [6, 6.07) is 13.1. The second-order valence-corrected chi connectivity index (χ2v) is 7.37. The Morgan fingerprint density at radius 1 is 1.18 bits per heavy atom. The highest BCUT2D eigenvalue weighted by Crippen LogP contribution is 2.27. The Bertz CT molecular complexity index is 920. The predicted octanol–water partition coefficient (Wildman–Crippen LogP) is 3.52. The third-order valence-corrected chi connectivity index (χ3v) is 4.78. The van der Waals surface area contributed by atoms with Gasteiger partial charge in [-0.3, -0.25) is 10.1 Å². The van der Waals surface area contributed by atoms with E-state index in [1.54, 1.807) is 12.5 Å². The molecule has 2 heterocycles. The fraction of sp³-hybridized carbons (Fsp3) is 0.250. The number of thioether (sulfide) groups is 1. The van der Waals surface area contributed by atoms with Gasteiger partial charge in [0.2, 0.25) is 5.91 Å². The number of urea groups is 1. The maximum atomic E-state index is 12.1. The molecule has 3 aromatic rings. The van der Waals surface area contributed by atoms with Crippen molar-refractivity contribution in [3.63, 3.8) is 0 Å². The Balaban J connectivity index is 1.74. The molecule has 0 fully saturated rings. The molecule has 0 saturated carbocycles. The Hall–Kier alpha value is -3.00. The van der Waals surface area contributed by atoms with E-state index in [1.165, 1.54) is 11.8 Å². The number of hydrogen-bond acceptors (Lipinski definition) is 5. The van der Waals surface area contributed by atoms with Crippen molar-refractivity contribution < 1.29 is 14.0 Å². The van der Waals surface area contributed by atoms with Gasteiger partial charge in [-0.25, -0.2) is 9.78 Å². The fourth-order valence-corrected chi connectivity index (χ4v) is 3.39. The summed E-state index contributed by atoms with van der Waals surface area (Å²) in [5.41, 5.74) is 1.95. The minimum atomic E-state index is -0.496. The standard InChI is InChI=1S/C20H22N4O3S/c1-14(2)22-19(26)23-18(25)13-28-20-21-11-17(15-7-4-3-5-8-15)24(20)12-16-9-6-10-27-16/h3-11,14H,12-13H2,1-2H3,(H2,22,23,25,26). The number of imide groups is 1. The van der Waals surface area contributed by atoms with Crippen LogP contribution in [0.4, 0.5) is 4.79 Å². The molecule has 0 radical (unpaired) electrons. The van der Waals surface area contributed by atoms with E-state index < -0.39 is 6.03 Å². The number of carbonyl (C=O) groups excluding carboxylic acids is 2. The van der Waals surface area contributed by atoms with E-state index in [-0.39, 0.29) is 17.7 Å². The van der Waals surface area contributed by atoms with Gasteiger partial charge in [0.25, 0.3) is 0 Å². The van der Waals surface area contributed by atoms with Crippen LogP contribution in [0, 0.1) is 0 Å². The van der Waals surface area contributed by atoms with Crippen LogP contribution in [0.15, 0.2) is 64.5 Å². The number of imidazole rings is 1. The summed E-state index contributed by atoms with van der Waals surface area (Å²) < 4.78 is 7.48. The van der Waals surface area contributed by atoms with Crippen molar-refractivity contribution >= 4 is 23.7 Å². The monoisotopic (exact) mass is 398 g/mol. The van der Waals surface area contributed by atoms with Crippen molar-refractivity contribution in [1.82, 2.24) is 20.2 Å². The van der Waals surface area contributed by atoms with Crippen LogP contribution in [0.1, 0.15) is 19.6 Å². The van der Waals surface area contributed by atoms with Gasteiger partial charge in [-0.2, -0.15) is 0 Å². The highest BCUT2D eigenvalue weighted by molar-refractivity contribution is 7.99. The van der Waals surface area contributed by atoms with Gasteiger partial charge in [0.05, 0.1) is 30.5 Å². The van der Waals surface area contributed by atoms with Crippen molar-refractivity contribution in [2.45, 2.75) is 31.6 Å². The smallest absolute Gasteiger partial charge is 0.321 e. The van der Waals surface area contributed by atoms with Gasteiger partial charge in [-0.1, -0.05) is 42.1 Å². The topological polar surface area (TPSA) is 89.2 Å². The lowest BCUT2D eigenvalue weighted by atomic mass is 10.2. The number of carbonyl (C=O) groups is 2. The molecule has 2 N–H and O–H groups in total. The minimum absolute atomic E-state index is 0.0407. The maximum Gasteiger partial charge on any atom is 0.321 e. The van der Waals surface area contributed by atoms with Crippen LogP contribution in [0.3, 0.4) is 0 Å². The van der Waals surface area contributed by atoms with Crippen LogP contribution in [0.5, 0.6) is 0 Å². The fourth-order valence-electron chi connectivity index (χ4n) is 2.62. The lowest BCUT2D eigenvalue weighted by Crippen LogP contribution is -2.43. The van der Waals surface area contributed by atoms with Crippen LogP contribution in [-0.4, -0.2) is 33.3 Å². The van der Waals surface area contributed by atoms with Gasteiger partial charge in [0.15, 0.2) is 5.16 Å². The van der Waals surface area contributed by atoms with Gasteiger partial charge in [0, 0.05) is 6.04 Å². The Kier molecular flexibility index (Phi) is 6.54. The van der Waals surface area contributed by atoms with E-state index in [9.17, 15) is 9.59 Å². The summed E-state index contributed by atoms with van der Waals surface area (Å²) in [6.07, 6.45) is 3.41. The number of amides is 3. The zero-order chi connectivity index (χ0) is 19.9. The number of rotatable bonds is 7. The van der Waals surface area contributed by atoms with Gasteiger partial charge in [-0.15, -0.1) is 0 Å². The van der Waals surface area contributed by atoms with Gasteiger partial charge >= 0.3 is 6.03 Å². The molecule has 0 atom stereocenters. The van der Waals surface area contributed by atoms with E-state index in [2.05, 4.69) is 15.6 Å². The average molecular weight is 398 g/mol. The van der Waals surface area contributed by atoms with Gasteiger partial charge < -0.3 is 14.3 Å².